The van der Waals surface area contributed by atoms with Crippen LogP contribution in [0.1, 0.15) is 23.1 Å². The van der Waals surface area contributed by atoms with E-state index in [0.717, 1.165) is 16.7 Å². The topological polar surface area (TPSA) is 37.4 Å². The third-order valence-electron chi connectivity index (χ3n) is 4.81. The summed E-state index contributed by atoms with van der Waals surface area (Å²) in [5, 5.41) is 0. The number of aryl methyl sites for hydroxylation is 1. The first-order valence-corrected chi connectivity index (χ1v) is 11.4. The van der Waals surface area contributed by atoms with Gasteiger partial charge in [-0.1, -0.05) is 84.4 Å². The van der Waals surface area contributed by atoms with Crippen LogP contribution >= 0.6 is 0 Å². The van der Waals surface area contributed by atoms with E-state index < -0.39 is 9.84 Å². The zero-order valence-electron chi connectivity index (χ0n) is 17.2. The molecule has 0 fully saturated rings. The molecule has 0 atom stereocenters. The van der Waals surface area contributed by atoms with Gasteiger partial charge in [-0.3, -0.25) is 0 Å². The lowest BCUT2D eigenvalue weighted by atomic mass is 10.2. The van der Waals surface area contributed by atoms with E-state index in [1.54, 1.807) is 24.4 Å². The predicted molar refractivity (Wildman–Crippen MR) is 123 cm³/mol. The molecule has 3 nitrogen and oxygen atoms in total. The van der Waals surface area contributed by atoms with Crippen LogP contribution in [0.5, 0.6) is 0 Å². The highest BCUT2D eigenvalue weighted by Gasteiger charge is 2.21. The highest BCUT2D eigenvalue weighted by molar-refractivity contribution is 7.95. The fraction of sp³-hybridized carbons (Fsp3) is 0.154. The van der Waals surface area contributed by atoms with Crippen molar-refractivity contribution < 1.29 is 8.42 Å². The molecule has 0 aliphatic carbocycles. The van der Waals surface area contributed by atoms with Crippen LogP contribution in [0.15, 0.2) is 114 Å². The van der Waals surface area contributed by atoms with Gasteiger partial charge in [0.1, 0.15) is 0 Å². The van der Waals surface area contributed by atoms with E-state index in [1.165, 1.54) is 0 Å². The summed E-state index contributed by atoms with van der Waals surface area (Å²) in [6.45, 7) is 6.94. The molecule has 30 heavy (non-hydrogen) atoms. The molecular formula is C26H27NO2S. The largest absolute Gasteiger partial charge is 0.368 e. The van der Waals surface area contributed by atoms with Gasteiger partial charge in [0.05, 0.1) is 9.80 Å². The second kappa shape index (κ2) is 10.1. The van der Waals surface area contributed by atoms with Gasteiger partial charge < -0.3 is 4.90 Å². The van der Waals surface area contributed by atoms with Gasteiger partial charge >= 0.3 is 0 Å². The maximum atomic E-state index is 13.3. The van der Waals surface area contributed by atoms with Crippen molar-refractivity contribution in [3.63, 3.8) is 0 Å². The van der Waals surface area contributed by atoms with Gasteiger partial charge in [0.2, 0.25) is 9.84 Å². The fourth-order valence-corrected chi connectivity index (χ4v) is 4.65. The van der Waals surface area contributed by atoms with Crippen LogP contribution in [-0.2, 0) is 22.9 Å². The molecular weight excluding hydrogens is 390 g/mol. The summed E-state index contributed by atoms with van der Waals surface area (Å²) < 4.78 is 26.7. The van der Waals surface area contributed by atoms with Gasteiger partial charge in [-0.2, -0.15) is 0 Å². The Kier molecular flexibility index (Phi) is 7.26. The predicted octanol–water partition coefficient (Wildman–Crippen LogP) is 5.89. The summed E-state index contributed by atoms with van der Waals surface area (Å²) in [5.41, 5.74) is 3.27. The summed E-state index contributed by atoms with van der Waals surface area (Å²) in [7, 11) is -3.61. The number of hydrogen-bond donors (Lipinski definition) is 0. The molecule has 0 bridgehead atoms. The molecule has 0 amide bonds. The molecule has 0 heterocycles. The van der Waals surface area contributed by atoms with Gasteiger partial charge in [-0.05, 0) is 30.2 Å². The van der Waals surface area contributed by atoms with E-state index in [0.29, 0.717) is 22.9 Å². The van der Waals surface area contributed by atoms with Crippen molar-refractivity contribution in [2.24, 2.45) is 0 Å². The molecule has 4 heteroatoms. The maximum Gasteiger partial charge on any atom is 0.204 e. The van der Waals surface area contributed by atoms with Gasteiger partial charge in [0.15, 0.2) is 0 Å². The second-order valence-electron chi connectivity index (χ2n) is 7.28. The fourth-order valence-electron chi connectivity index (χ4n) is 3.23. The number of rotatable bonds is 9. The summed E-state index contributed by atoms with van der Waals surface area (Å²) in [4.78, 5) is 2.70. The molecule has 0 aliphatic rings. The summed E-state index contributed by atoms with van der Waals surface area (Å²) in [6, 6.07) is 27.1. The van der Waals surface area contributed by atoms with Gasteiger partial charge in [-0.25, -0.2) is 8.42 Å². The number of sulfone groups is 1. The molecule has 0 saturated carbocycles. The lowest BCUT2D eigenvalue weighted by Crippen LogP contribution is -2.19. The zero-order valence-corrected chi connectivity index (χ0v) is 18.1. The number of benzene rings is 3. The molecule has 0 aliphatic heterocycles. The lowest BCUT2D eigenvalue weighted by molar-refractivity contribution is 0.360. The molecule has 0 saturated heterocycles. The number of hydrogen-bond acceptors (Lipinski definition) is 3. The normalized spacial score (nSPS) is 11.8. The van der Waals surface area contributed by atoms with Crippen LogP contribution in [-0.4, -0.2) is 13.3 Å². The van der Waals surface area contributed by atoms with Crippen molar-refractivity contribution in [2.45, 2.75) is 31.3 Å². The summed E-state index contributed by atoms with van der Waals surface area (Å²) >= 11 is 0. The summed E-state index contributed by atoms with van der Waals surface area (Å²) in [5.74, 6) is 0. The first-order valence-electron chi connectivity index (χ1n) is 9.94. The van der Waals surface area contributed by atoms with E-state index >= 15 is 0 Å². The van der Waals surface area contributed by atoms with Crippen LogP contribution in [0, 0.1) is 6.92 Å². The Labute approximate surface area is 179 Å². The minimum atomic E-state index is -3.61. The second-order valence-corrected chi connectivity index (χ2v) is 9.28. The first kappa shape index (κ1) is 21.6. The Bertz CT molecular complexity index is 1050. The Balaban J connectivity index is 1.99. The Morgan fingerprint density at radius 3 is 1.80 bits per heavy atom. The SMILES string of the molecule is C=CC/C(=C\N(Cc1ccccc1)Cc1ccccc1)S(=O)(=O)c1ccc(C)cc1. The zero-order chi connectivity index (χ0) is 21.4. The molecule has 154 valence electrons. The van der Waals surface area contributed by atoms with Crippen molar-refractivity contribution >= 4 is 9.84 Å². The third kappa shape index (κ3) is 5.71. The Morgan fingerprint density at radius 1 is 0.833 bits per heavy atom. The molecule has 3 aromatic carbocycles. The first-order chi connectivity index (χ1) is 14.5. The van der Waals surface area contributed by atoms with E-state index in [4.69, 9.17) is 0 Å². The Morgan fingerprint density at radius 2 is 1.33 bits per heavy atom. The van der Waals surface area contributed by atoms with E-state index in [-0.39, 0.29) is 6.42 Å². The van der Waals surface area contributed by atoms with Crippen molar-refractivity contribution in [1.82, 2.24) is 4.90 Å². The molecule has 0 N–H and O–H groups in total. The highest BCUT2D eigenvalue weighted by atomic mass is 32.2. The van der Waals surface area contributed by atoms with Gasteiger partial charge in [-0.15, -0.1) is 6.58 Å². The summed E-state index contributed by atoms with van der Waals surface area (Å²) in [6.07, 6.45) is 3.69. The minimum Gasteiger partial charge on any atom is -0.368 e. The lowest BCUT2D eigenvalue weighted by Gasteiger charge is -2.23. The van der Waals surface area contributed by atoms with Crippen molar-refractivity contribution in [2.75, 3.05) is 0 Å². The van der Waals surface area contributed by atoms with Crippen LogP contribution in [0.4, 0.5) is 0 Å². The standard InChI is InChI=1S/C26H27NO2S/c1-3-10-26(30(28,29)25-17-15-22(2)16-18-25)21-27(19-23-11-6-4-7-12-23)20-24-13-8-5-9-14-24/h3-9,11-18,21H,1,10,19-20H2,2H3/b26-21+. The molecule has 0 spiro atoms. The molecule has 3 rings (SSSR count). The van der Waals surface area contributed by atoms with Crippen molar-refractivity contribution in [3.05, 3.63) is 125 Å². The molecule has 3 aromatic rings. The monoisotopic (exact) mass is 417 g/mol. The van der Waals surface area contributed by atoms with E-state index in [1.807, 2.05) is 79.7 Å². The minimum absolute atomic E-state index is 0.274. The molecule has 0 aromatic heterocycles. The molecule has 0 radical (unpaired) electrons. The quantitative estimate of drug-likeness (QED) is 0.408. The van der Waals surface area contributed by atoms with E-state index in [9.17, 15) is 8.42 Å². The maximum absolute atomic E-state index is 13.3. The van der Waals surface area contributed by atoms with E-state index in [2.05, 4.69) is 11.5 Å². The van der Waals surface area contributed by atoms with Crippen LogP contribution in [0.25, 0.3) is 0 Å². The highest BCUT2D eigenvalue weighted by Crippen LogP contribution is 2.24. The smallest absolute Gasteiger partial charge is 0.204 e. The van der Waals surface area contributed by atoms with Crippen LogP contribution in [0.2, 0.25) is 0 Å². The van der Waals surface area contributed by atoms with Crippen molar-refractivity contribution in [1.29, 1.82) is 0 Å². The molecule has 0 unspecified atom stereocenters. The van der Waals surface area contributed by atoms with Gasteiger partial charge in [0.25, 0.3) is 0 Å². The van der Waals surface area contributed by atoms with Crippen molar-refractivity contribution in [3.8, 4) is 0 Å². The number of allylic oxidation sites excluding steroid dienone is 2. The average Bonchev–Trinajstić information content (AvgIpc) is 2.75. The average molecular weight is 418 g/mol. The number of nitrogens with zero attached hydrogens (tertiary/aromatic N) is 1. The Hall–Kier alpha value is -3.11. The third-order valence-corrected chi connectivity index (χ3v) is 6.66. The van der Waals surface area contributed by atoms with Crippen LogP contribution < -0.4 is 0 Å². The van der Waals surface area contributed by atoms with Gasteiger partial charge in [0, 0.05) is 25.7 Å². The van der Waals surface area contributed by atoms with Crippen LogP contribution in [0.3, 0.4) is 0 Å².